The van der Waals surface area contributed by atoms with Gasteiger partial charge in [-0.1, -0.05) is 24.3 Å². The number of nitrogens with zero attached hydrogens (tertiary/aromatic N) is 2. The van der Waals surface area contributed by atoms with Crippen molar-refractivity contribution in [2.24, 2.45) is 5.73 Å². The maximum absolute atomic E-state index is 13.3. The zero-order chi connectivity index (χ0) is 25.2. The number of primary amides is 1. The quantitative estimate of drug-likeness (QED) is 0.569. The van der Waals surface area contributed by atoms with Gasteiger partial charge in [0.25, 0.3) is 0 Å². The summed E-state index contributed by atoms with van der Waals surface area (Å²) in [5.41, 5.74) is 7.88. The number of piperidine rings is 1. The van der Waals surface area contributed by atoms with Gasteiger partial charge < -0.3 is 10.6 Å². The molecule has 0 saturated carbocycles. The molecule has 2 aliphatic heterocycles. The largest absolute Gasteiger partial charge is 0.366 e. The number of hydrogen-bond donors (Lipinski definition) is 1. The summed E-state index contributed by atoms with van der Waals surface area (Å²) in [5, 5.41) is 0. The van der Waals surface area contributed by atoms with Gasteiger partial charge in [-0.05, 0) is 67.0 Å². The number of fused-ring (bicyclic) bond motifs is 2. The molecule has 7 nitrogen and oxygen atoms in total. The van der Waals surface area contributed by atoms with Gasteiger partial charge in [-0.2, -0.15) is 0 Å². The third-order valence-electron chi connectivity index (χ3n) is 7.18. The minimum atomic E-state index is -3.47. The smallest absolute Gasteiger partial charge is 0.248 e. The summed E-state index contributed by atoms with van der Waals surface area (Å²) >= 11 is 0. The van der Waals surface area contributed by atoms with Gasteiger partial charge in [0.15, 0.2) is 9.84 Å². The van der Waals surface area contributed by atoms with Crippen LogP contribution in [0.4, 0.5) is 4.39 Å². The van der Waals surface area contributed by atoms with Gasteiger partial charge in [0.05, 0.1) is 0 Å². The van der Waals surface area contributed by atoms with Gasteiger partial charge in [0, 0.05) is 43.5 Å². The van der Waals surface area contributed by atoms with Crippen LogP contribution in [0, 0.1) is 5.82 Å². The van der Waals surface area contributed by atoms with Gasteiger partial charge in [-0.15, -0.1) is 0 Å². The lowest BCUT2D eigenvalue weighted by molar-refractivity contribution is -0.129. The second-order valence-corrected chi connectivity index (χ2v) is 11.9. The van der Waals surface area contributed by atoms with Crippen molar-refractivity contribution in [2.45, 2.75) is 50.2 Å². The molecule has 0 radical (unpaired) electrons. The molecule has 1 unspecified atom stereocenters. The van der Waals surface area contributed by atoms with Crippen LogP contribution in [0.1, 0.15) is 53.1 Å². The highest BCUT2D eigenvalue weighted by Gasteiger charge is 2.41. The van der Waals surface area contributed by atoms with Crippen molar-refractivity contribution < 1.29 is 22.4 Å². The molecule has 2 aliphatic rings. The van der Waals surface area contributed by atoms with E-state index >= 15 is 0 Å². The van der Waals surface area contributed by atoms with Crippen molar-refractivity contribution in [3.8, 4) is 0 Å². The summed E-state index contributed by atoms with van der Waals surface area (Å²) in [6.07, 6.45) is 5.14. The van der Waals surface area contributed by atoms with E-state index in [1.807, 2.05) is 12.1 Å². The number of benzene rings is 2. The van der Waals surface area contributed by atoms with Gasteiger partial charge >= 0.3 is 0 Å². The van der Waals surface area contributed by atoms with E-state index in [0.717, 1.165) is 43.1 Å². The summed E-state index contributed by atoms with van der Waals surface area (Å²) in [5.74, 6) is -1.41. The molecule has 188 valence electrons. The molecular formula is C26H32FN3O4S. The number of hydrogen-bond acceptors (Lipinski definition) is 5. The normalized spacial score (nSPS) is 22.2. The average molecular weight is 502 g/mol. The second kappa shape index (κ2) is 10.5. The maximum atomic E-state index is 13.3. The van der Waals surface area contributed by atoms with Crippen LogP contribution in [-0.4, -0.2) is 67.2 Å². The fraction of sp³-hybridized carbons (Fsp3) is 0.462. The van der Waals surface area contributed by atoms with E-state index in [2.05, 4.69) is 11.0 Å². The Balaban J connectivity index is 1.43. The summed E-state index contributed by atoms with van der Waals surface area (Å²) in [6, 6.07) is 14.2. The molecule has 2 heterocycles. The fourth-order valence-electron chi connectivity index (χ4n) is 5.51. The van der Waals surface area contributed by atoms with Crippen molar-refractivity contribution in [2.75, 3.05) is 25.1 Å². The fourth-order valence-corrected chi connectivity index (χ4v) is 6.14. The molecule has 2 aromatic carbocycles. The molecule has 2 saturated heterocycles. The third-order valence-corrected chi connectivity index (χ3v) is 7.95. The van der Waals surface area contributed by atoms with Crippen molar-refractivity contribution in [3.05, 3.63) is 71.0 Å². The van der Waals surface area contributed by atoms with Crippen molar-refractivity contribution in [1.29, 1.82) is 0 Å². The number of amides is 2. The second-order valence-electron chi connectivity index (χ2n) is 9.79. The number of nitrogens with two attached hydrogens (primary N) is 1. The van der Waals surface area contributed by atoms with Crippen LogP contribution in [0.5, 0.6) is 0 Å². The molecule has 2 amide bonds. The zero-order valence-corrected chi connectivity index (χ0v) is 20.7. The van der Waals surface area contributed by atoms with Crippen LogP contribution >= 0.6 is 0 Å². The topological polar surface area (TPSA) is 101 Å². The van der Waals surface area contributed by atoms with E-state index in [0.29, 0.717) is 36.7 Å². The van der Waals surface area contributed by atoms with Crippen LogP contribution in [-0.2, 0) is 21.2 Å². The van der Waals surface area contributed by atoms with E-state index < -0.39 is 27.4 Å². The SMILES string of the molecule is CS(=O)(=O)CC(=O)N(CCN1[C@@H]2CC[C@H]1CC(c1cccc(C(N)=O)c1)C2)Cc1ccc(F)cc1. The van der Waals surface area contributed by atoms with Gasteiger partial charge in [-0.25, -0.2) is 12.8 Å². The predicted molar refractivity (Wildman–Crippen MR) is 132 cm³/mol. The Bertz CT molecular complexity index is 1170. The van der Waals surface area contributed by atoms with Crippen LogP contribution in [0.2, 0.25) is 0 Å². The molecule has 35 heavy (non-hydrogen) atoms. The first-order valence-corrected chi connectivity index (χ1v) is 14.0. The number of halogens is 1. The molecule has 2 aromatic rings. The maximum Gasteiger partial charge on any atom is 0.248 e. The molecule has 2 fully saturated rings. The molecule has 0 aromatic heterocycles. The molecule has 3 atom stereocenters. The highest BCUT2D eigenvalue weighted by atomic mass is 32.2. The number of carbonyl (C=O) groups excluding carboxylic acids is 2. The Morgan fingerprint density at radius 1 is 1.09 bits per heavy atom. The van der Waals surface area contributed by atoms with Gasteiger partial charge in [0.2, 0.25) is 11.8 Å². The van der Waals surface area contributed by atoms with Crippen LogP contribution in [0.3, 0.4) is 0 Å². The minimum absolute atomic E-state index is 0.236. The van der Waals surface area contributed by atoms with Crippen molar-refractivity contribution in [3.63, 3.8) is 0 Å². The van der Waals surface area contributed by atoms with E-state index in [1.165, 1.54) is 12.1 Å². The molecule has 0 aliphatic carbocycles. The molecule has 0 spiro atoms. The average Bonchev–Trinajstić information content (AvgIpc) is 3.03. The number of carbonyl (C=O) groups is 2. The molecule has 9 heteroatoms. The first-order valence-electron chi connectivity index (χ1n) is 11.9. The number of sulfone groups is 1. The molecular weight excluding hydrogens is 469 g/mol. The summed E-state index contributed by atoms with van der Waals surface area (Å²) in [6.45, 7) is 1.29. The molecule has 2 bridgehead atoms. The first kappa shape index (κ1) is 25.3. The Kier molecular flexibility index (Phi) is 7.56. The van der Waals surface area contributed by atoms with Crippen LogP contribution in [0.15, 0.2) is 48.5 Å². The first-order chi connectivity index (χ1) is 16.6. The lowest BCUT2D eigenvalue weighted by Crippen LogP contribution is -2.47. The third kappa shape index (κ3) is 6.46. The Hall–Kier alpha value is -2.78. The predicted octanol–water partition coefficient (Wildman–Crippen LogP) is 2.71. The Labute approximate surface area is 206 Å². The summed E-state index contributed by atoms with van der Waals surface area (Å²) < 4.78 is 36.8. The number of rotatable bonds is 9. The molecule has 4 rings (SSSR count). The summed E-state index contributed by atoms with van der Waals surface area (Å²) in [4.78, 5) is 28.4. The highest BCUT2D eigenvalue weighted by Crippen LogP contribution is 2.43. The minimum Gasteiger partial charge on any atom is -0.366 e. The lowest BCUT2D eigenvalue weighted by Gasteiger charge is -2.40. The highest BCUT2D eigenvalue weighted by molar-refractivity contribution is 7.91. The van der Waals surface area contributed by atoms with E-state index in [4.69, 9.17) is 5.73 Å². The van der Waals surface area contributed by atoms with Crippen LogP contribution < -0.4 is 5.73 Å². The Morgan fingerprint density at radius 3 is 2.34 bits per heavy atom. The van der Waals surface area contributed by atoms with E-state index in [-0.39, 0.29) is 12.4 Å². The van der Waals surface area contributed by atoms with Crippen molar-refractivity contribution in [1.82, 2.24) is 9.80 Å². The van der Waals surface area contributed by atoms with Crippen molar-refractivity contribution >= 4 is 21.7 Å². The van der Waals surface area contributed by atoms with E-state index in [1.54, 1.807) is 23.1 Å². The Morgan fingerprint density at radius 2 is 1.74 bits per heavy atom. The standard InChI is InChI=1S/C26H32FN3O4S/c1-35(33,34)17-25(31)29(16-18-5-7-22(27)8-6-18)11-12-30-23-9-10-24(30)15-21(14-23)19-3-2-4-20(13-19)26(28)32/h2-8,13,21,23-24H,9-12,14-17H2,1H3,(H2,28,32)/t21?,23-,24+. The van der Waals surface area contributed by atoms with E-state index in [9.17, 15) is 22.4 Å². The lowest BCUT2D eigenvalue weighted by atomic mass is 9.84. The van der Waals surface area contributed by atoms with Gasteiger partial charge in [0.1, 0.15) is 11.6 Å². The summed E-state index contributed by atoms with van der Waals surface area (Å²) in [7, 11) is -3.47. The van der Waals surface area contributed by atoms with Gasteiger partial charge in [-0.3, -0.25) is 14.5 Å². The zero-order valence-electron chi connectivity index (χ0n) is 19.9. The monoisotopic (exact) mass is 501 g/mol. The van der Waals surface area contributed by atoms with Crippen LogP contribution in [0.25, 0.3) is 0 Å². The molecule has 2 N–H and O–H groups in total.